The maximum absolute atomic E-state index is 13.7. The van der Waals surface area contributed by atoms with Gasteiger partial charge in [-0.05, 0) is 19.1 Å². The van der Waals surface area contributed by atoms with Gasteiger partial charge in [-0.1, -0.05) is 18.2 Å². The Bertz CT molecular complexity index is 1200. The third-order valence-electron chi connectivity index (χ3n) is 4.15. The molecule has 0 aliphatic carbocycles. The minimum atomic E-state index is -2.77. The van der Waals surface area contributed by atoms with Crippen molar-refractivity contribution >= 4 is 17.5 Å². The van der Waals surface area contributed by atoms with Gasteiger partial charge in [-0.3, -0.25) is 10.1 Å². The first-order valence-corrected chi connectivity index (χ1v) is 8.50. The van der Waals surface area contributed by atoms with Gasteiger partial charge in [-0.15, -0.1) is 5.10 Å². The molecule has 4 aromatic rings. The summed E-state index contributed by atoms with van der Waals surface area (Å²) >= 11 is 0. The fourth-order valence-corrected chi connectivity index (χ4v) is 2.83. The van der Waals surface area contributed by atoms with Crippen molar-refractivity contribution in [2.45, 2.75) is 19.9 Å². The van der Waals surface area contributed by atoms with E-state index in [0.29, 0.717) is 11.3 Å². The van der Waals surface area contributed by atoms with Gasteiger partial charge in [0.15, 0.2) is 5.65 Å². The zero-order chi connectivity index (χ0) is 20.5. The Hall–Kier alpha value is -3.76. The largest absolute Gasteiger partial charge is 0.289 e. The average Bonchev–Trinajstić information content (AvgIpc) is 3.29. The van der Waals surface area contributed by atoms with Crippen molar-refractivity contribution < 1.29 is 18.0 Å². The number of hydrogen-bond donors (Lipinski definition) is 1. The van der Waals surface area contributed by atoms with Crippen molar-refractivity contribution in [2.75, 3.05) is 5.32 Å². The van der Waals surface area contributed by atoms with E-state index in [9.17, 15) is 18.0 Å². The maximum Gasteiger partial charge on any atom is 0.280 e. The number of nitrogens with zero attached hydrogens (tertiary/aromatic N) is 6. The minimum absolute atomic E-state index is 0.000976. The lowest BCUT2D eigenvalue weighted by Gasteiger charge is -2.05. The number of carbonyl (C=O) groups is 1. The van der Waals surface area contributed by atoms with Crippen molar-refractivity contribution in [1.82, 2.24) is 29.4 Å². The van der Waals surface area contributed by atoms with Gasteiger partial charge >= 0.3 is 0 Å². The van der Waals surface area contributed by atoms with Gasteiger partial charge in [-0.2, -0.15) is 5.10 Å². The first-order valence-electron chi connectivity index (χ1n) is 8.50. The molecule has 1 N–H and O–H groups in total. The molecule has 8 nitrogen and oxygen atoms in total. The minimum Gasteiger partial charge on any atom is -0.289 e. The van der Waals surface area contributed by atoms with Gasteiger partial charge in [0, 0.05) is 11.3 Å². The molecule has 0 atom stereocenters. The summed E-state index contributed by atoms with van der Waals surface area (Å²) < 4.78 is 42.4. The zero-order valence-electron chi connectivity index (χ0n) is 15.1. The normalized spacial score (nSPS) is 11.3. The highest BCUT2D eigenvalue weighted by Gasteiger charge is 2.21. The van der Waals surface area contributed by atoms with Gasteiger partial charge < -0.3 is 0 Å². The van der Waals surface area contributed by atoms with Crippen LogP contribution in [0.25, 0.3) is 5.65 Å². The maximum atomic E-state index is 13.7. The van der Waals surface area contributed by atoms with Crippen LogP contribution in [0.3, 0.4) is 0 Å². The lowest BCUT2D eigenvalue weighted by atomic mass is 10.2. The number of nitrogens with one attached hydrogen (secondary N) is 1. The van der Waals surface area contributed by atoms with E-state index in [4.69, 9.17) is 0 Å². The number of carbonyl (C=O) groups excluding carboxylic acids is 1. The van der Waals surface area contributed by atoms with Crippen LogP contribution < -0.4 is 5.32 Å². The summed E-state index contributed by atoms with van der Waals surface area (Å²) in [7, 11) is 0. The molecule has 29 heavy (non-hydrogen) atoms. The monoisotopic (exact) mass is 401 g/mol. The number of aromatic nitrogens is 6. The first-order chi connectivity index (χ1) is 13.9. The van der Waals surface area contributed by atoms with Crippen LogP contribution in [0.1, 0.15) is 33.7 Å². The molecule has 0 spiro atoms. The van der Waals surface area contributed by atoms with Crippen molar-refractivity contribution in [2.24, 2.45) is 0 Å². The van der Waals surface area contributed by atoms with Gasteiger partial charge in [0.1, 0.15) is 23.4 Å². The number of amides is 1. The number of fused-ring (bicyclic) bond motifs is 1. The Morgan fingerprint density at radius 2 is 2.07 bits per heavy atom. The summed E-state index contributed by atoms with van der Waals surface area (Å²) in [6.45, 7) is 1.68. The predicted molar refractivity (Wildman–Crippen MR) is 96.2 cm³/mol. The number of rotatable bonds is 5. The second-order valence-corrected chi connectivity index (χ2v) is 6.23. The van der Waals surface area contributed by atoms with Gasteiger partial charge in [0.25, 0.3) is 12.3 Å². The van der Waals surface area contributed by atoms with Crippen LogP contribution in [-0.2, 0) is 6.54 Å². The number of alkyl halides is 2. The molecule has 0 aliphatic rings. The van der Waals surface area contributed by atoms with E-state index in [1.807, 2.05) is 0 Å². The lowest BCUT2D eigenvalue weighted by molar-refractivity contribution is 0.102. The van der Waals surface area contributed by atoms with Gasteiger partial charge in [0.2, 0.25) is 5.95 Å². The number of halogens is 3. The second kappa shape index (κ2) is 7.34. The first kappa shape index (κ1) is 18.6. The molecule has 0 radical (unpaired) electrons. The summed E-state index contributed by atoms with van der Waals surface area (Å²) in [6.07, 6.45) is -0.278. The topological polar surface area (TPSA) is 90.0 Å². The Morgan fingerprint density at radius 1 is 1.28 bits per heavy atom. The molecular weight excluding hydrogens is 387 g/mol. The molecular formula is C18H14F3N7O. The van der Waals surface area contributed by atoms with Crippen molar-refractivity contribution in [3.8, 4) is 0 Å². The molecule has 0 bridgehead atoms. The quantitative estimate of drug-likeness (QED) is 0.555. The Labute approximate surface area is 162 Å². The van der Waals surface area contributed by atoms with Crippen LogP contribution >= 0.6 is 0 Å². The van der Waals surface area contributed by atoms with E-state index in [1.165, 1.54) is 23.1 Å². The molecule has 3 aromatic heterocycles. The molecule has 0 saturated carbocycles. The van der Waals surface area contributed by atoms with E-state index in [-0.39, 0.29) is 35.2 Å². The summed E-state index contributed by atoms with van der Waals surface area (Å²) in [6, 6.07) is 7.44. The molecule has 0 saturated heterocycles. The molecule has 1 aromatic carbocycles. The van der Waals surface area contributed by atoms with E-state index >= 15 is 0 Å². The van der Waals surface area contributed by atoms with Crippen LogP contribution in [0.2, 0.25) is 0 Å². The van der Waals surface area contributed by atoms with Gasteiger partial charge in [-0.25, -0.2) is 32.3 Å². The van der Waals surface area contributed by atoms with Gasteiger partial charge in [0.05, 0.1) is 12.7 Å². The lowest BCUT2D eigenvalue weighted by Crippen LogP contribution is -2.14. The number of anilines is 1. The fraction of sp³-hybridized carbons (Fsp3) is 0.167. The summed E-state index contributed by atoms with van der Waals surface area (Å²) in [5, 5.41) is 10.4. The van der Waals surface area contributed by atoms with Crippen LogP contribution in [0.4, 0.5) is 19.1 Å². The predicted octanol–water partition coefficient (Wildman–Crippen LogP) is 3.01. The second-order valence-electron chi connectivity index (χ2n) is 6.23. The third kappa shape index (κ3) is 3.66. The number of aryl methyl sites for hydroxylation is 1. The number of benzene rings is 1. The zero-order valence-corrected chi connectivity index (χ0v) is 15.1. The summed E-state index contributed by atoms with van der Waals surface area (Å²) in [5.41, 5.74) is 0.384. The Morgan fingerprint density at radius 3 is 2.83 bits per heavy atom. The van der Waals surface area contributed by atoms with Crippen molar-refractivity contribution in [3.05, 3.63) is 71.2 Å². The standard InChI is InChI=1S/C18H14F3N7O/c1-10-6-14(15(20)21)28-16(24-10)12(7-23-28)17(29)25-18-22-9-27(26-18)8-11-4-2-3-5-13(11)19/h2-7,9,15H,8H2,1H3,(H,25,26,29). The molecule has 4 rings (SSSR count). The van der Waals surface area contributed by atoms with Crippen LogP contribution in [0.15, 0.2) is 42.9 Å². The van der Waals surface area contributed by atoms with Crippen LogP contribution in [-0.4, -0.2) is 35.3 Å². The smallest absolute Gasteiger partial charge is 0.280 e. The Kier molecular flexibility index (Phi) is 4.71. The summed E-state index contributed by atoms with van der Waals surface area (Å²) in [5.74, 6) is -1.05. The van der Waals surface area contributed by atoms with E-state index in [2.05, 4.69) is 25.5 Å². The van der Waals surface area contributed by atoms with E-state index in [1.54, 1.807) is 25.1 Å². The molecule has 1 amide bonds. The number of hydrogen-bond acceptors (Lipinski definition) is 5. The molecule has 148 valence electrons. The SMILES string of the molecule is Cc1cc(C(F)F)n2ncc(C(=O)Nc3ncn(Cc4ccccc4F)n3)c2n1. The molecule has 0 fully saturated rings. The van der Waals surface area contributed by atoms with Crippen molar-refractivity contribution in [1.29, 1.82) is 0 Å². The third-order valence-corrected chi connectivity index (χ3v) is 4.15. The molecule has 3 heterocycles. The molecule has 11 heteroatoms. The summed E-state index contributed by atoms with van der Waals surface area (Å²) in [4.78, 5) is 20.7. The van der Waals surface area contributed by atoms with Crippen LogP contribution in [0.5, 0.6) is 0 Å². The fourth-order valence-electron chi connectivity index (χ4n) is 2.83. The Balaban J connectivity index is 1.56. The van der Waals surface area contributed by atoms with Crippen molar-refractivity contribution in [3.63, 3.8) is 0 Å². The van der Waals surface area contributed by atoms with Crippen LogP contribution in [0, 0.1) is 12.7 Å². The van der Waals surface area contributed by atoms with E-state index < -0.39 is 12.3 Å². The highest BCUT2D eigenvalue weighted by molar-refractivity contribution is 6.07. The average molecular weight is 401 g/mol. The highest BCUT2D eigenvalue weighted by Crippen LogP contribution is 2.22. The highest BCUT2D eigenvalue weighted by atomic mass is 19.3. The molecule has 0 unspecified atom stereocenters. The van der Waals surface area contributed by atoms with E-state index in [0.717, 1.165) is 10.7 Å². The molecule has 0 aliphatic heterocycles.